The van der Waals surface area contributed by atoms with Crippen molar-refractivity contribution in [2.45, 2.75) is 12.1 Å². The highest BCUT2D eigenvalue weighted by Crippen LogP contribution is 2.38. The molecule has 0 saturated heterocycles. The Morgan fingerprint density at radius 1 is 0.926 bits per heavy atom. The van der Waals surface area contributed by atoms with Crippen LogP contribution in [0.5, 0.6) is 0 Å². The summed E-state index contributed by atoms with van der Waals surface area (Å²) in [6.07, 6.45) is -2.90. The first-order chi connectivity index (χ1) is 13.0. The number of aromatic nitrogens is 2. The molecule has 136 valence electrons. The van der Waals surface area contributed by atoms with Gasteiger partial charge in [0.25, 0.3) is 0 Å². The Balaban J connectivity index is 2.05. The van der Waals surface area contributed by atoms with Crippen LogP contribution in [0.15, 0.2) is 73.1 Å². The molecule has 0 aliphatic heterocycles. The van der Waals surface area contributed by atoms with Crippen molar-refractivity contribution in [1.29, 1.82) is 0 Å². The third kappa shape index (κ3) is 3.30. The summed E-state index contributed by atoms with van der Waals surface area (Å²) < 4.78 is 42.1. The van der Waals surface area contributed by atoms with Gasteiger partial charge in [-0.2, -0.15) is 13.2 Å². The minimum absolute atomic E-state index is 0.286. The molecule has 1 heterocycles. The van der Waals surface area contributed by atoms with Crippen LogP contribution in [0.1, 0.15) is 11.1 Å². The molecule has 0 bridgehead atoms. The van der Waals surface area contributed by atoms with Gasteiger partial charge in [0, 0.05) is 17.1 Å². The number of halogens is 4. The standard InChI is InChI=1S/C21H14ClF3N2/c22-12-14-5-4-6-15(9-14)18-10-16(21(23,24)25)11-19-20(18)27(13-26-19)17-7-2-1-3-8-17/h1-11,13H,12H2. The van der Waals surface area contributed by atoms with E-state index in [9.17, 15) is 13.2 Å². The minimum atomic E-state index is -4.45. The van der Waals surface area contributed by atoms with Crippen LogP contribution in [0.4, 0.5) is 13.2 Å². The van der Waals surface area contributed by atoms with Gasteiger partial charge in [-0.05, 0) is 41.5 Å². The van der Waals surface area contributed by atoms with Crippen molar-refractivity contribution < 1.29 is 13.2 Å². The lowest BCUT2D eigenvalue weighted by atomic mass is 9.99. The Hall–Kier alpha value is -2.79. The van der Waals surface area contributed by atoms with Crippen molar-refractivity contribution in [3.63, 3.8) is 0 Å². The van der Waals surface area contributed by atoms with E-state index in [1.807, 2.05) is 42.5 Å². The van der Waals surface area contributed by atoms with Crippen LogP contribution < -0.4 is 0 Å². The van der Waals surface area contributed by atoms with E-state index in [1.165, 1.54) is 6.07 Å². The molecule has 1 aromatic heterocycles. The van der Waals surface area contributed by atoms with Gasteiger partial charge in [0.15, 0.2) is 0 Å². The quantitative estimate of drug-likeness (QED) is 0.370. The first-order valence-electron chi connectivity index (χ1n) is 8.26. The molecule has 4 rings (SSSR count). The molecule has 27 heavy (non-hydrogen) atoms. The number of hydrogen-bond acceptors (Lipinski definition) is 1. The van der Waals surface area contributed by atoms with Crippen LogP contribution in [0.3, 0.4) is 0 Å². The first-order valence-corrected chi connectivity index (χ1v) is 8.80. The number of hydrogen-bond donors (Lipinski definition) is 0. The van der Waals surface area contributed by atoms with Crippen LogP contribution in [0, 0.1) is 0 Å². The lowest BCUT2D eigenvalue weighted by molar-refractivity contribution is -0.137. The lowest BCUT2D eigenvalue weighted by Crippen LogP contribution is -2.05. The topological polar surface area (TPSA) is 17.8 Å². The van der Waals surface area contributed by atoms with Crippen molar-refractivity contribution in [2.75, 3.05) is 0 Å². The summed E-state index contributed by atoms with van der Waals surface area (Å²) in [5.41, 5.74) is 3.00. The fourth-order valence-electron chi connectivity index (χ4n) is 3.14. The van der Waals surface area contributed by atoms with Gasteiger partial charge in [0.2, 0.25) is 0 Å². The predicted octanol–water partition coefficient (Wildman–Crippen LogP) is 6.45. The van der Waals surface area contributed by atoms with Crippen molar-refractivity contribution in [3.8, 4) is 16.8 Å². The Morgan fingerprint density at radius 3 is 2.41 bits per heavy atom. The van der Waals surface area contributed by atoms with Crippen LogP contribution in [-0.2, 0) is 12.1 Å². The fourth-order valence-corrected chi connectivity index (χ4v) is 3.30. The van der Waals surface area contributed by atoms with Crippen molar-refractivity contribution in [1.82, 2.24) is 9.55 Å². The molecule has 0 radical (unpaired) electrons. The monoisotopic (exact) mass is 386 g/mol. The third-order valence-corrected chi connectivity index (χ3v) is 4.71. The SMILES string of the molecule is FC(F)(F)c1cc(-c2cccc(CCl)c2)c2c(c1)ncn2-c1ccccc1. The van der Waals surface area contributed by atoms with E-state index < -0.39 is 11.7 Å². The van der Waals surface area contributed by atoms with Crippen LogP contribution >= 0.6 is 11.6 Å². The number of para-hydroxylation sites is 1. The first kappa shape index (κ1) is 17.6. The Bertz CT molecular complexity index is 1100. The zero-order chi connectivity index (χ0) is 19.0. The molecular formula is C21H14ClF3N2. The van der Waals surface area contributed by atoms with Crippen LogP contribution in [0.25, 0.3) is 27.8 Å². The zero-order valence-electron chi connectivity index (χ0n) is 14.0. The zero-order valence-corrected chi connectivity index (χ0v) is 14.8. The van der Waals surface area contributed by atoms with E-state index >= 15 is 0 Å². The summed E-state index contributed by atoms with van der Waals surface area (Å²) in [6.45, 7) is 0. The maximum atomic E-state index is 13.4. The maximum absolute atomic E-state index is 13.4. The molecular weight excluding hydrogens is 373 g/mol. The molecule has 0 fully saturated rings. The van der Waals surface area contributed by atoms with Gasteiger partial charge in [-0.1, -0.05) is 36.4 Å². The largest absolute Gasteiger partial charge is 0.416 e. The number of benzene rings is 3. The molecule has 2 nitrogen and oxygen atoms in total. The summed E-state index contributed by atoms with van der Waals surface area (Å²) in [5.74, 6) is 0.286. The Morgan fingerprint density at radius 2 is 1.70 bits per heavy atom. The predicted molar refractivity (Wildman–Crippen MR) is 101 cm³/mol. The van der Waals surface area contributed by atoms with E-state index in [-0.39, 0.29) is 5.88 Å². The van der Waals surface area contributed by atoms with Gasteiger partial charge in [0.1, 0.15) is 6.33 Å². The van der Waals surface area contributed by atoms with Gasteiger partial charge in [0.05, 0.1) is 16.6 Å². The van der Waals surface area contributed by atoms with Crippen LogP contribution in [-0.4, -0.2) is 9.55 Å². The second-order valence-electron chi connectivity index (χ2n) is 6.17. The smallest absolute Gasteiger partial charge is 0.298 e. The van der Waals surface area contributed by atoms with Crippen molar-refractivity contribution in [3.05, 3.63) is 84.2 Å². The number of rotatable bonds is 3. The second-order valence-corrected chi connectivity index (χ2v) is 6.44. The average molecular weight is 387 g/mol. The normalized spacial score (nSPS) is 11.9. The highest BCUT2D eigenvalue weighted by atomic mass is 35.5. The van der Waals surface area contributed by atoms with E-state index in [1.54, 1.807) is 23.0 Å². The highest BCUT2D eigenvalue weighted by molar-refractivity contribution is 6.17. The average Bonchev–Trinajstić information content (AvgIpc) is 3.11. The van der Waals surface area contributed by atoms with E-state index in [0.717, 1.165) is 17.3 Å². The fraction of sp³-hybridized carbons (Fsp3) is 0.0952. The molecule has 3 aromatic carbocycles. The van der Waals surface area contributed by atoms with Crippen LogP contribution in [0.2, 0.25) is 0 Å². The van der Waals surface area contributed by atoms with Crippen molar-refractivity contribution in [2.24, 2.45) is 0 Å². The number of imidazole rings is 1. The molecule has 0 saturated carbocycles. The van der Waals surface area contributed by atoms with Gasteiger partial charge < -0.3 is 0 Å². The van der Waals surface area contributed by atoms with E-state index in [4.69, 9.17) is 11.6 Å². The molecule has 0 aliphatic carbocycles. The third-order valence-electron chi connectivity index (χ3n) is 4.40. The Labute approximate surface area is 158 Å². The molecule has 0 spiro atoms. The summed E-state index contributed by atoms with van der Waals surface area (Å²) in [7, 11) is 0. The highest BCUT2D eigenvalue weighted by Gasteiger charge is 2.32. The number of nitrogens with zero attached hydrogens (tertiary/aromatic N) is 2. The Kier molecular flexibility index (Phi) is 4.40. The van der Waals surface area contributed by atoms with Gasteiger partial charge >= 0.3 is 6.18 Å². The summed E-state index contributed by atoms with van der Waals surface area (Å²) >= 11 is 5.92. The lowest BCUT2D eigenvalue weighted by Gasteiger charge is -2.13. The molecule has 6 heteroatoms. The van der Waals surface area contributed by atoms with Gasteiger partial charge in [-0.15, -0.1) is 11.6 Å². The molecule has 4 aromatic rings. The second kappa shape index (κ2) is 6.74. The van der Waals surface area contributed by atoms with E-state index in [0.29, 0.717) is 22.2 Å². The molecule has 0 amide bonds. The molecule has 0 atom stereocenters. The summed E-state index contributed by atoms with van der Waals surface area (Å²) in [5, 5.41) is 0. The summed E-state index contributed by atoms with van der Waals surface area (Å²) in [4.78, 5) is 4.23. The summed E-state index contributed by atoms with van der Waals surface area (Å²) in [6, 6.07) is 18.9. The van der Waals surface area contributed by atoms with E-state index in [2.05, 4.69) is 4.98 Å². The maximum Gasteiger partial charge on any atom is 0.416 e. The molecule has 0 N–H and O–H groups in total. The molecule has 0 unspecified atom stereocenters. The number of fused-ring (bicyclic) bond motifs is 1. The molecule has 0 aliphatic rings. The van der Waals surface area contributed by atoms with Gasteiger partial charge in [-0.3, -0.25) is 4.57 Å². The number of alkyl halides is 4. The minimum Gasteiger partial charge on any atom is -0.298 e. The van der Waals surface area contributed by atoms with Crippen molar-refractivity contribution >= 4 is 22.6 Å². The van der Waals surface area contributed by atoms with Gasteiger partial charge in [-0.25, -0.2) is 4.98 Å².